The summed E-state index contributed by atoms with van der Waals surface area (Å²) in [5, 5.41) is 4.38. The van der Waals surface area contributed by atoms with Gasteiger partial charge in [-0.2, -0.15) is 0 Å². The van der Waals surface area contributed by atoms with E-state index in [9.17, 15) is 4.79 Å². The third-order valence-electron chi connectivity index (χ3n) is 6.23. The Morgan fingerprint density at radius 2 is 1.89 bits per heavy atom. The van der Waals surface area contributed by atoms with E-state index in [1.54, 1.807) is 0 Å². The molecule has 146 valence electrons. The summed E-state index contributed by atoms with van der Waals surface area (Å²) in [4.78, 5) is 21.3. The van der Waals surface area contributed by atoms with E-state index in [-0.39, 0.29) is 5.91 Å². The van der Waals surface area contributed by atoms with Crippen LogP contribution in [0, 0.1) is 0 Å². The molecule has 0 radical (unpaired) electrons. The molecule has 27 heavy (non-hydrogen) atoms. The topological polar surface area (TPSA) is 51.4 Å². The van der Waals surface area contributed by atoms with Gasteiger partial charge in [-0.15, -0.1) is 0 Å². The van der Waals surface area contributed by atoms with Crippen LogP contribution in [-0.2, 0) is 12.8 Å². The van der Waals surface area contributed by atoms with E-state index in [2.05, 4.69) is 33.1 Å². The van der Waals surface area contributed by atoms with Gasteiger partial charge >= 0.3 is 0 Å². The number of likely N-dealkylation sites (N-methyl/N-ethyl adjacent to an activating group) is 1. The highest BCUT2D eigenvalue weighted by molar-refractivity contribution is 6.06. The second-order valence-corrected chi connectivity index (χ2v) is 7.90. The predicted octanol–water partition coefficient (Wildman–Crippen LogP) is 2.80. The maximum absolute atomic E-state index is 12.8. The number of hydrogen-bond donors (Lipinski definition) is 2. The summed E-state index contributed by atoms with van der Waals surface area (Å²) in [6.45, 7) is 9.82. The Hall–Kier alpha value is -1.85. The fourth-order valence-electron chi connectivity index (χ4n) is 4.55. The van der Waals surface area contributed by atoms with E-state index < -0.39 is 0 Å². The van der Waals surface area contributed by atoms with Crippen molar-refractivity contribution in [1.29, 1.82) is 0 Å². The molecule has 0 unspecified atom stereocenters. The van der Waals surface area contributed by atoms with Crippen LogP contribution in [0.5, 0.6) is 0 Å². The number of nitrogens with one attached hydrogen (secondary N) is 2. The molecule has 1 saturated heterocycles. The van der Waals surface area contributed by atoms with Gasteiger partial charge in [0.15, 0.2) is 0 Å². The van der Waals surface area contributed by atoms with Crippen molar-refractivity contribution >= 4 is 16.8 Å². The molecule has 2 N–H and O–H groups in total. The largest absolute Gasteiger partial charge is 0.358 e. The molecule has 5 nitrogen and oxygen atoms in total. The van der Waals surface area contributed by atoms with E-state index >= 15 is 0 Å². The van der Waals surface area contributed by atoms with Crippen molar-refractivity contribution in [2.75, 3.05) is 45.8 Å². The summed E-state index contributed by atoms with van der Waals surface area (Å²) >= 11 is 0. The maximum atomic E-state index is 12.8. The molecular formula is C22H32N4O. The Balaban J connectivity index is 1.32. The van der Waals surface area contributed by atoms with Crippen LogP contribution in [0.2, 0.25) is 0 Å². The normalized spacial score (nSPS) is 18.6. The monoisotopic (exact) mass is 368 g/mol. The van der Waals surface area contributed by atoms with Crippen molar-refractivity contribution in [3.05, 3.63) is 35.0 Å². The number of piperazine rings is 1. The second-order valence-electron chi connectivity index (χ2n) is 7.90. The molecule has 0 atom stereocenters. The number of aryl methyl sites for hydroxylation is 2. The van der Waals surface area contributed by atoms with Crippen LogP contribution < -0.4 is 5.32 Å². The lowest BCUT2D eigenvalue weighted by Crippen LogP contribution is -2.46. The average Bonchev–Trinajstić information content (AvgIpc) is 3.10. The van der Waals surface area contributed by atoms with Crippen LogP contribution in [0.25, 0.3) is 10.9 Å². The van der Waals surface area contributed by atoms with Crippen LogP contribution in [0.1, 0.15) is 47.8 Å². The molecule has 1 amide bonds. The summed E-state index contributed by atoms with van der Waals surface area (Å²) < 4.78 is 0. The molecule has 2 heterocycles. The first-order chi connectivity index (χ1) is 13.3. The standard InChI is InChI=1S/C22H32N4O/c1-2-25-13-15-26(16-14-25)12-6-11-23-22(27)19-9-5-8-18-17-7-3-4-10-20(17)24-21(18)19/h5,8-9,24H,2-4,6-7,10-16H2,1H3,(H,23,27). The number of rotatable bonds is 6. The van der Waals surface area contributed by atoms with Crippen molar-refractivity contribution in [1.82, 2.24) is 20.1 Å². The Kier molecular flexibility index (Phi) is 5.79. The number of carbonyl (C=O) groups is 1. The molecule has 0 saturated carbocycles. The number of para-hydroxylation sites is 1. The van der Waals surface area contributed by atoms with Gasteiger partial charge in [0.25, 0.3) is 5.91 Å². The minimum atomic E-state index is 0.0509. The number of aromatic nitrogens is 1. The van der Waals surface area contributed by atoms with Crippen molar-refractivity contribution in [3.8, 4) is 0 Å². The van der Waals surface area contributed by atoms with Gasteiger partial charge in [0, 0.05) is 43.8 Å². The molecule has 0 bridgehead atoms. The Labute approximate surface area is 162 Å². The lowest BCUT2D eigenvalue weighted by atomic mass is 9.95. The quantitative estimate of drug-likeness (QED) is 0.771. The molecule has 0 spiro atoms. The summed E-state index contributed by atoms with van der Waals surface area (Å²) in [6.07, 6.45) is 5.74. The van der Waals surface area contributed by atoms with Gasteiger partial charge < -0.3 is 20.1 Å². The van der Waals surface area contributed by atoms with Gasteiger partial charge in [-0.25, -0.2) is 0 Å². The fraction of sp³-hybridized carbons (Fsp3) is 0.591. The molecule has 5 heteroatoms. The molecule has 1 aromatic carbocycles. The van der Waals surface area contributed by atoms with Crippen LogP contribution in [0.4, 0.5) is 0 Å². The second kappa shape index (κ2) is 8.44. The fourth-order valence-corrected chi connectivity index (χ4v) is 4.55. The first-order valence-electron chi connectivity index (χ1n) is 10.6. The number of carbonyl (C=O) groups excluding carboxylic acids is 1. The Bertz CT molecular complexity index is 789. The lowest BCUT2D eigenvalue weighted by Gasteiger charge is -2.33. The van der Waals surface area contributed by atoms with E-state index in [1.165, 1.54) is 42.6 Å². The van der Waals surface area contributed by atoms with E-state index in [0.29, 0.717) is 0 Å². The van der Waals surface area contributed by atoms with Crippen LogP contribution in [-0.4, -0.2) is 66.5 Å². The van der Waals surface area contributed by atoms with Gasteiger partial charge in [-0.3, -0.25) is 4.79 Å². The van der Waals surface area contributed by atoms with E-state index in [0.717, 1.165) is 63.1 Å². The zero-order chi connectivity index (χ0) is 18.6. The average molecular weight is 369 g/mol. The summed E-state index contributed by atoms with van der Waals surface area (Å²) in [7, 11) is 0. The molecule has 1 fully saturated rings. The van der Waals surface area contributed by atoms with Gasteiger partial charge in [-0.05, 0) is 56.8 Å². The smallest absolute Gasteiger partial charge is 0.253 e. The molecule has 1 aromatic heterocycles. The van der Waals surface area contributed by atoms with Crippen LogP contribution >= 0.6 is 0 Å². The third kappa shape index (κ3) is 4.04. The van der Waals surface area contributed by atoms with Gasteiger partial charge in [0.1, 0.15) is 0 Å². The minimum absolute atomic E-state index is 0.0509. The number of amides is 1. The van der Waals surface area contributed by atoms with Crippen LogP contribution in [0.3, 0.4) is 0 Å². The van der Waals surface area contributed by atoms with E-state index in [1.807, 2.05) is 12.1 Å². The molecular weight excluding hydrogens is 336 g/mol. The Morgan fingerprint density at radius 3 is 2.70 bits per heavy atom. The van der Waals surface area contributed by atoms with Crippen molar-refractivity contribution in [3.63, 3.8) is 0 Å². The molecule has 4 rings (SSSR count). The molecule has 1 aliphatic heterocycles. The summed E-state index contributed by atoms with van der Waals surface area (Å²) in [6, 6.07) is 6.12. The highest BCUT2D eigenvalue weighted by atomic mass is 16.1. The van der Waals surface area contributed by atoms with Gasteiger partial charge in [-0.1, -0.05) is 19.1 Å². The summed E-state index contributed by atoms with van der Waals surface area (Å²) in [5.74, 6) is 0.0509. The van der Waals surface area contributed by atoms with Gasteiger partial charge in [0.05, 0.1) is 11.1 Å². The highest BCUT2D eigenvalue weighted by Crippen LogP contribution is 2.30. The third-order valence-corrected chi connectivity index (χ3v) is 6.23. The van der Waals surface area contributed by atoms with Crippen molar-refractivity contribution in [2.24, 2.45) is 0 Å². The minimum Gasteiger partial charge on any atom is -0.358 e. The highest BCUT2D eigenvalue weighted by Gasteiger charge is 2.19. The first-order valence-corrected chi connectivity index (χ1v) is 10.6. The van der Waals surface area contributed by atoms with Crippen molar-refractivity contribution < 1.29 is 4.79 Å². The number of aromatic amines is 1. The zero-order valence-electron chi connectivity index (χ0n) is 16.5. The van der Waals surface area contributed by atoms with Crippen LogP contribution in [0.15, 0.2) is 18.2 Å². The number of hydrogen-bond acceptors (Lipinski definition) is 3. The molecule has 1 aliphatic carbocycles. The number of nitrogens with zero attached hydrogens (tertiary/aromatic N) is 2. The number of fused-ring (bicyclic) bond motifs is 3. The van der Waals surface area contributed by atoms with Crippen molar-refractivity contribution in [2.45, 2.75) is 39.0 Å². The zero-order valence-corrected chi connectivity index (χ0v) is 16.5. The number of H-pyrrole nitrogens is 1. The molecule has 2 aromatic rings. The SMILES string of the molecule is CCN1CCN(CCCNC(=O)c2cccc3c4c([nH]c23)CCCC4)CC1. The first kappa shape index (κ1) is 18.5. The van der Waals surface area contributed by atoms with Gasteiger partial charge in [0.2, 0.25) is 0 Å². The van der Waals surface area contributed by atoms with E-state index in [4.69, 9.17) is 0 Å². The number of benzene rings is 1. The Morgan fingerprint density at radius 1 is 1.11 bits per heavy atom. The summed E-state index contributed by atoms with van der Waals surface area (Å²) in [5.41, 5.74) is 4.58. The lowest BCUT2D eigenvalue weighted by molar-refractivity contribution is 0.0949. The maximum Gasteiger partial charge on any atom is 0.253 e. The predicted molar refractivity (Wildman–Crippen MR) is 110 cm³/mol. The molecule has 2 aliphatic rings.